The number of halogens is 1. The smallest absolute Gasteiger partial charge is 0.165 e. The van der Waals surface area contributed by atoms with E-state index in [1.165, 1.54) is 38.2 Å². The second-order valence-corrected chi connectivity index (χ2v) is 5.12. The van der Waals surface area contributed by atoms with Gasteiger partial charge in [-0.3, -0.25) is 0 Å². The first-order valence-corrected chi connectivity index (χ1v) is 7.89. The molecule has 2 nitrogen and oxygen atoms in total. The van der Waals surface area contributed by atoms with Crippen molar-refractivity contribution < 1.29 is 9.13 Å². The highest BCUT2D eigenvalue weighted by Gasteiger charge is 2.03. The molecule has 0 aliphatic heterocycles. The standard InChI is InChI=1S/C18H26FNO/c1-2-3-4-5-6-7-8-14-21-18-15-16(10-9-13-20)11-12-17(18)19/h11-12,15H,2-8,13-14,20H2,1H3. The zero-order chi connectivity index (χ0) is 15.3. The highest BCUT2D eigenvalue weighted by atomic mass is 19.1. The fourth-order valence-corrected chi connectivity index (χ4v) is 2.09. The lowest BCUT2D eigenvalue weighted by Crippen LogP contribution is -2.00. The molecule has 0 saturated carbocycles. The van der Waals surface area contributed by atoms with Crippen molar-refractivity contribution in [2.45, 2.75) is 51.9 Å². The van der Waals surface area contributed by atoms with Crippen molar-refractivity contribution in [3.8, 4) is 17.6 Å². The topological polar surface area (TPSA) is 35.2 Å². The molecule has 1 aromatic carbocycles. The maximum absolute atomic E-state index is 13.6. The largest absolute Gasteiger partial charge is 0.490 e. The Morgan fingerprint density at radius 2 is 1.81 bits per heavy atom. The Morgan fingerprint density at radius 3 is 2.52 bits per heavy atom. The molecule has 1 rings (SSSR count). The summed E-state index contributed by atoms with van der Waals surface area (Å²) in [6.45, 7) is 3.07. The highest BCUT2D eigenvalue weighted by molar-refractivity contribution is 5.40. The second kappa shape index (κ2) is 11.2. The molecule has 0 bridgehead atoms. The van der Waals surface area contributed by atoms with Gasteiger partial charge in [0.1, 0.15) is 0 Å². The number of nitrogens with two attached hydrogens (primary N) is 1. The molecule has 0 unspecified atom stereocenters. The molecule has 0 saturated heterocycles. The summed E-state index contributed by atoms with van der Waals surface area (Å²) in [5.41, 5.74) is 6.06. The number of ether oxygens (including phenoxy) is 1. The van der Waals surface area contributed by atoms with Crippen molar-refractivity contribution >= 4 is 0 Å². The molecule has 0 aliphatic rings. The van der Waals surface area contributed by atoms with Crippen LogP contribution in [0.25, 0.3) is 0 Å². The molecule has 0 heterocycles. The Morgan fingerprint density at radius 1 is 1.10 bits per heavy atom. The van der Waals surface area contributed by atoms with Gasteiger partial charge in [-0.25, -0.2) is 4.39 Å². The summed E-state index contributed by atoms with van der Waals surface area (Å²) in [7, 11) is 0. The predicted octanol–water partition coefficient (Wildman–Crippen LogP) is 4.27. The van der Waals surface area contributed by atoms with E-state index in [2.05, 4.69) is 18.8 Å². The van der Waals surface area contributed by atoms with Crippen LogP contribution >= 0.6 is 0 Å². The Bertz CT molecular complexity index is 462. The lowest BCUT2D eigenvalue weighted by molar-refractivity contribution is 0.290. The van der Waals surface area contributed by atoms with Gasteiger partial charge in [-0.1, -0.05) is 57.3 Å². The van der Waals surface area contributed by atoms with Gasteiger partial charge in [0.15, 0.2) is 11.6 Å². The molecule has 116 valence electrons. The summed E-state index contributed by atoms with van der Waals surface area (Å²) < 4.78 is 19.1. The fourth-order valence-electron chi connectivity index (χ4n) is 2.09. The van der Waals surface area contributed by atoms with Gasteiger partial charge in [-0.15, -0.1) is 0 Å². The zero-order valence-electron chi connectivity index (χ0n) is 13.0. The molecule has 0 radical (unpaired) electrons. The molecule has 0 atom stereocenters. The van der Waals surface area contributed by atoms with Gasteiger partial charge in [0.2, 0.25) is 0 Å². The van der Waals surface area contributed by atoms with Gasteiger partial charge in [-0.05, 0) is 24.6 Å². The number of benzene rings is 1. The van der Waals surface area contributed by atoms with Crippen LogP contribution in [0.2, 0.25) is 0 Å². The minimum atomic E-state index is -0.337. The van der Waals surface area contributed by atoms with Gasteiger partial charge < -0.3 is 10.5 Å². The van der Waals surface area contributed by atoms with E-state index in [4.69, 9.17) is 10.5 Å². The first-order chi connectivity index (χ1) is 10.3. The Hall–Kier alpha value is -1.53. The zero-order valence-corrected chi connectivity index (χ0v) is 13.0. The van der Waals surface area contributed by atoms with E-state index in [0.29, 0.717) is 13.2 Å². The predicted molar refractivity (Wildman–Crippen MR) is 85.8 cm³/mol. The van der Waals surface area contributed by atoms with Crippen molar-refractivity contribution in [2.24, 2.45) is 5.73 Å². The van der Waals surface area contributed by atoms with Crippen molar-refractivity contribution in [3.63, 3.8) is 0 Å². The van der Waals surface area contributed by atoms with Crippen LogP contribution in [-0.2, 0) is 0 Å². The Labute approximate surface area is 127 Å². The van der Waals surface area contributed by atoms with Crippen LogP contribution in [0.3, 0.4) is 0 Å². The first-order valence-electron chi connectivity index (χ1n) is 7.89. The molecule has 0 aliphatic carbocycles. The minimum absolute atomic E-state index is 0.282. The Kier molecular flexibility index (Phi) is 9.32. The third-order valence-electron chi connectivity index (χ3n) is 3.27. The molecule has 0 aromatic heterocycles. The maximum Gasteiger partial charge on any atom is 0.165 e. The van der Waals surface area contributed by atoms with E-state index in [1.54, 1.807) is 12.1 Å². The minimum Gasteiger partial charge on any atom is -0.490 e. The monoisotopic (exact) mass is 291 g/mol. The van der Waals surface area contributed by atoms with Gasteiger partial charge >= 0.3 is 0 Å². The summed E-state index contributed by atoms with van der Waals surface area (Å²) in [6.07, 6.45) is 8.51. The molecule has 0 spiro atoms. The average Bonchev–Trinajstić information content (AvgIpc) is 2.50. The molecule has 1 aromatic rings. The molecular weight excluding hydrogens is 265 g/mol. The molecule has 0 fully saturated rings. The van der Waals surface area contributed by atoms with E-state index in [-0.39, 0.29) is 11.6 Å². The quantitative estimate of drug-likeness (QED) is 0.545. The van der Waals surface area contributed by atoms with E-state index in [1.807, 2.05) is 0 Å². The summed E-state index contributed by atoms with van der Waals surface area (Å²) in [4.78, 5) is 0. The van der Waals surface area contributed by atoms with E-state index >= 15 is 0 Å². The first kappa shape index (κ1) is 17.5. The van der Waals surface area contributed by atoms with Crippen LogP contribution in [0, 0.1) is 17.7 Å². The second-order valence-electron chi connectivity index (χ2n) is 5.12. The summed E-state index contributed by atoms with van der Waals surface area (Å²) in [6, 6.07) is 4.67. The molecule has 3 heteroatoms. The molecule has 2 N–H and O–H groups in total. The number of hydrogen-bond donors (Lipinski definition) is 1. The van der Waals surface area contributed by atoms with Crippen molar-refractivity contribution in [2.75, 3.05) is 13.2 Å². The van der Waals surface area contributed by atoms with Crippen LogP contribution in [-0.4, -0.2) is 13.2 Å². The van der Waals surface area contributed by atoms with Crippen molar-refractivity contribution in [3.05, 3.63) is 29.6 Å². The van der Waals surface area contributed by atoms with Gasteiger partial charge in [0.05, 0.1) is 13.2 Å². The van der Waals surface area contributed by atoms with Crippen molar-refractivity contribution in [1.82, 2.24) is 0 Å². The lowest BCUT2D eigenvalue weighted by atomic mass is 10.1. The number of rotatable bonds is 9. The highest BCUT2D eigenvalue weighted by Crippen LogP contribution is 2.19. The molecular formula is C18H26FNO. The van der Waals surface area contributed by atoms with Crippen LogP contribution in [0.1, 0.15) is 57.4 Å². The van der Waals surface area contributed by atoms with Crippen LogP contribution in [0.5, 0.6) is 5.75 Å². The normalized spacial score (nSPS) is 10.0. The van der Waals surface area contributed by atoms with Gasteiger partial charge in [-0.2, -0.15) is 0 Å². The molecule has 21 heavy (non-hydrogen) atoms. The van der Waals surface area contributed by atoms with Gasteiger partial charge in [0.25, 0.3) is 0 Å². The van der Waals surface area contributed by atoms with Crippen LogP contribution in [0.15, 0.2) is 18.2 Å². The Balaban J connectivity index is 2.28. The SMILES string of the molecule is CCCCCCCCCOc1cc(C#CCN)ccc1F. The van der Waals surface area contributed by atoms with Crippen molar-refractivity contribution in [1.29, 1.82) is 0 Å². The third-order valence-corrected chi connectivity index (χ3v) is 3.27. The summed E-state index contributed by atoms with van der Waals surface area (Å²) in [5, 5.41) is 0. The van der Waals surface area contributed by atoms with Crippen LogP contribution < -0.4 is 10.5 Å². The van der Waals surface area contributed by atoms with E-state index in [9.17, 15) is 4.39 Å². The summed E-state index contributed by atoms with van der Waals surface area (Å²) in [5.74, 6) is 5.58. The molecule has 0 amide bonds. The third kappa shape index (κ3) is 7.72. The number of hydrogen-bond acceptors (Lipinski definition) is 2. The fraction of sp³-hybridized carbons (Fsp3) is 0.556. The van der Waals surface area contributed by atoms with Crippen LogP contribution in [0.4, 0.5) is 4.39 Å². The average molecular weight is 291 g/mol. The van der Waals surface area contributed by atoms with E-state index < -0.39 is 0 Å². The number of unbranched alkanes of at least 4 members (excludes halogenated alkanes) is 6. The van der Waals surface area contributed by atoms with E-state index in [0.717, 1.165) is 18.4 Å². The summed E-state index contributed by atoms with van der Waals surface area (Å²) >= 11 is 0. The van der Waals surface area contributed by atoms with Gasteiger partial charge in [0, 0.05) is 5.56 Å². The lowest BCUT2D eigenvalue weighted by Gasteiger charge is -2.07. The maximum atomic E-state index is 13.6.